The Morgan fingerprint density at radius 2 is 2.25 bits per heavy atom. The molecule has 0 saturated heterocycles. The number of nitro benzene ring substituents is 1. The number of nitrogens with zero attached hydrogens (tertiary/aromatic N) is 2. The van der Waals surface area contributed by atoms with Gasteiger partial charge in [0.1, 0.15) is 6.26 Å². The van der Waals surface area contributed by atoms with Crippen LogP contribution in [0.15, 0.2) is 28.9 Å². The molecular formula is C11H11N5O4. The number of nitrogen functional groups attached to an aromatic ring is 1. The van der Waals surface area contributed by atoms with E-state index in [0.717, 1.165) is 6.07 Å². The minimum Gasteiger partial charge on any atom is -0.432 e. The van der Waals surface area contributed by atoms with E-state index >= 15 is 0 Å². The predicted octanol–water partition coefficient (Wildman–Crippen LogP) is 1.43. The van der Waals surface area contributed by atoms with E-state index in [2.05, 4.69) is 15.7 Å². The maximum Gasteiger partial charge on any atom is 0.301 e. The number of benzene rings is 1. The minimum atomic E-state index is -0.622. The summed E-state index contributed by atoms with van der Waals surface area (Å²) >= 11 is 0. The van der Waals surface area contributed by atoms with Gasteiger partial charge in [0.25, 0.3) is 11.6 Å². The molecule has 0 aliphatic carbocycles. The molecule has 0 radical (unpaired) electrons. The summed E-state index contributed by atoms with van der Waals surface area (Å²) in [5.41, 5.74) is 2.93. The van der Waals surface area contributed by atoms with Crippen molar-refractivity contribution in [1.82, 2.24) is 4.98 Å². The first-order valence-electron chi connectivity index (χ1n) is 5.50. The Labute approximate surface area is 112 Å². The lowest BCUT2D eigenvalue weighted by Gasteiger charge is -2.07. The summed E-state index contributed by atoms with van der Waals surface area (Å²) in [5.74, 6) is 4.65. The number of anilines is 2. The zero-order valence-corrected chi connectivity index (χ0v) is 10.4. The van der Waals surface area contributed by atoms with Crippen molar-refractivity contribution in [2.45, 2.75) is 6.92 Å². The number of non-ortho nitro benzene ring substituents is 1. The van der Waals surface area contributed by atoms with Gasteiger partial charge >= 0.3 is 6.01 Å². The Hall–Kier alpha value is -2.94. The third-order valence-corrected chi connectivity index (χ3v) is 2.45. The molecule has 9 heteroatoms. The van der Waals surface area contributed by atoms with Crippen LogP contribution in [0.3, 0.4) is 0 Å². The van der Waals surface area contributed by atoms with Crippen molar-refractivity contribution < 1.29 is 14.1 Å². The molecule has 2 aromatic rings. The molecule has 0 aliphatic rings. The molecule has 20 heavy (non-hydrogen) atoms. The second-order valence-corrected chi connectivity index (χ2v) is 3.88. The van der Waals surface area contributed by atoms with Crippen molar-refractivity contribution in [3.05, 3.63) is 45.8 Å². The van der Waals surface area contributed by atoms with E-state index in [4.69, 9.17) is 10.3 Å². The van der Waals surface area contributed by atoms with Crippen LogP contribution < -0.4 is 16.6 Å². The quantitative estimate of drug-likeness (QED) is 0.436. The minimum absolute atomic E-state index is 0.00183. The summed E-state index contributed by atoms with van der Waals surface area (Å²) in [7, 11) is 0. The van der Waals surface area contributed by atoms with Gasteiger partial charge in [0, 0.05) is 12.1 Å². The van der Waals surface area contributed by atoms with E-state index in [1.807, 2.05) is 0 Å². The maximum atomic E-state index is 12.0. The molecule has 1 amide bonds. The zero-order chi connectivity index (χ0) is 14.7. The number of aromatic nitrogens is 1. The van der Waals surface area contributed by atoms with Gasteiger partial charge in [-0.2, -0.15) is 4.98 Å². The fraction of sp³-hybridized carbons (Fsp3) is 0.0909. The topological polar surface area (TPSA) is 136 Å². The number of carbonyl (C=O) groups is 1. The molecule has 0 atom stereocenters. The highest BCUT2D eigenvalue weighted by Crippen LogP contribution is 2.22. The number of aryl methyl sites for hydroxylation is 1. The van der Waals surface area contributed by atoms with Crippen molar-refractivity contribution >= 4 is 23.3 Å². The molecule has 2 rings (SSSR count). The van der Waals surface area contributed by atoms with Crippen LogP contribution in [-0.4, -0.2) is 15.8 Å². The summed E-state index contributed by atoms with van der Waals surface area (Å²) in [6.45, 7) is 1.69. The van der Waals surface area contributed by atoms with Crippen LogP contribution in [0, 0.1) is 17.0 Å². The van der Waals surface area contributed by atoms with Gasteiger partial charge in [0.05, 0.1) is 21.9 Å². The molecule has 1 aromatic heterocycles. The number of rotatable bonds is 4. The van der Waals surface area contributed by atoms with Gasteiger partial charge in [0.15, 0.2) is 0 Å². The average Bonchev–Trinajstić information content (AvgIpc) is 2.83. The number of amides is 1. The zero-order valence-electron chi connectivity index (χ0n) is 10.4. The van der Waals surface area contributed by atoms with Crippen LogP contribution in [0.4, 0.5) is 17.4 Å². The Morgan fingerprint density at radius 1 is 1.50 bits per heavy atom. The Morgan fingerprint density at radius 3 is 2.80 bits per heavy atom. The lowest BCUT2D eigenvalue weighted by atomic mass is 10.1. The normalized spacial score (nSPS) is 10.1. The number of nitrogens with one attached hydrogen (secondary N) is 2. The van der Waals surface area contributed by atoms with Crippen LogP contribution in [-0.2, 0) is 0 Å². The van der Waals surface area contributed by atoms with Crippen molar-refractivity contribution in [3.8, 4) is 0 Å². The highest BCUT2D eigenvalue weighted by Gasteiger charge is 2.17. The first-order chi connectivity index (χ1) is 9.51. The van der Waals surface area contributed by atoms with Crippen LogP contribution in [0.5, 0.6) is 0 Å². The number of hydrogen-bond acceptors (Lipinski definition) is 7. The molecule has 0 fully saturated rings. The van der Waals surface area contributed by atoms with Gasteiger partial charge in [-0.1, -0.05) is 0 Å². The van der Waals surface area contributed by atoms with Gasteiger partial charge in [-0.15, -0.1) is 0 Å². The molecule has 0 aliphatic heterocycles. The van der Waals surface area contributed by atoms with E-state index < -0.39 is 10.8 Å². The molecule has 1 aromatic carbocycles. The maximum absolute atomic E-state index is 12.0. The summed E-state index contributed by atoms with van der Waals surface area (Å²) in [6, 6.07) is 3.69. The third kappa shape index (κ3) is 2.72. The fourth-order valence-electron chi connectivity index (χ4n) is 1.54. The number of hydrazine groups is 1. The summed E-state index contributed by atoms with van der Waals surface area (Å²) in [4.78, 5) is 26.1. The van der Waals surface area contributed by atoms with Crippen molar-refractivity contribution in [3.63, 3.8) is 0 Å². The summed E-state index contributed by atoms with van der Waals surface area (Å²) < 4.78 is 4.98. The number of carbonyl (C=O) groups excluding carboxylic acids is 1. The van der Waals surface area contributed by atoms with Crippen LogP contribution >= 0.6 is 0 Å². The SMILES string of the molecule is Cc1coc(NC(=O)c2cc([N+](=O)[O-])ccc2NN)n1. The van der Waals surface area contributed by atoms with Crippen LogP contribution in [0.1, 0.15) is 16.1 Å². The van der Waals surface area contributed by atoms with Crippen LogP contribution in [0.25, 0.3) is 0 Å². The van der Waals surface area contributed by atoms with Crippen LogP contribution in [0.2, 0.25) is 0 Å². The molecule has 4 N–H and O–H groups in total. The molecule has 0 spiro atoms. The van der Waals surface area contributed by atoms with Gasteiger partial charge in [-0.3, -0.25) is 26.1 Å². The molecule has 0 bridgehead atoms. The number of oxazole rings is 1. The third-order valence-electron chi connectivity index (χ3n) is 2.45. The monoisotopic (exact) mass is 277 g/mol. The highest BCUT2D eigenvalue weighted by atomic mass is 16.6. The van der Waals surface area contributed by atoms with Crippen molar-refractivity contribution in [1.29, 1.82) is 0 Å². The van der Waals surface area contributed by atoms with E-state index in [1.165, 1.54) is 18.4 Å². The molecule has 104 valence electrons. The van der Waals surface area contributed by atoms with E-state index in [1.54, 1.807) is 6.92 Å². The summed E-state index contributed by atoms with van der Waals surface area (Å²) in [6.07, 6.45) is 1.37. The Balaban J connectivity index is 2.32. The summed E-state index contributed by atoms with van der Waals surface area (Å²) in [5, 5.41) is 13.1. The lowest BCUT2D eigenvalue weighted by molar-refractivity contribution is -0.384. The smallest absolute Gasteiger partial charge is 0.301 e. The van der Waals surface area contributed by atoms with E-state index in [9.17, 15) is 14.9 Å². The lowest BCUT2D eigenvalue weighted by Crippen LogP contribution is -2.17. The second kappa shape index (κ2) is 5.36. The fourth-order valence-corrected chi connectivity index (χ4v) is 1.54. The standard InChI is InChI=1S/C11H11N5O4/c1-6-5-20-11(13-6)14-10(17)8-4-7(16(18)19)2-3-9(8)15-12/h2-5,15H,12H2,1H3,(H,13,14,17). The average molecular weight is 277 g/mol. The number of nitro groups is 1. The van der Waals surface area contributed by atoms with Gasteiger partial charge < -0.3 is 9.84 Å². The molecule has 1 heterocycles. The molecule has 0 unspecified atom stereocenters. The molecule has 0 saturated carbocycles. The second-order valence-electron chi connectivity index (χ2n) is 3.88. The van der Waals surface area contributed by atoms with Crippen molar-refractivity contribution in [2.24, 2.45) is 5.84 Å². The van der Waals surface area contributed by atoms with Gasteiger partial charge in [-0.05, 0) is 13.0 Å². The van der Waals surface area contributed by atoms with Gasteiger partial charge in [0.2, 0.25) is 0 Å². The molecule has 9 nitrogen and oxygen atoms in total. The number of nitrogens with two attached hydrogens (primary N) is 1. The Kier molecular flexibility index (Phi) is 3.62. The van der Waals surface area contributed by atoms with E-state index in [-0.39, 0.29) is 23.0 Å². The predicted molar refractivity (Wildman–Crippen MR) is 70.1 cm³/mol. The first kappa shape index (κ1) is 13.5. The van der Waals surface area contributed by atoms with E-state index in [0.29, 0.717) is 5.69 Å². The number of hydrogen-bond donors (Lipinski definition) is 3. The van der Waals surface area contributed by atoms with Crippen molar-refractivity contribution in [2.75, 3.05) is 10.7 Å². The first-order valence-corrected chi connectivity index (χ1v) is 5.50. The Bertz CT molecular complexity index is 667. The largest absolute Gasteiger partial charge is 0.432 e. The van der Waals surface area contributed by atoms with Gasteiger partial charge in [-0.25, -0.2) is 0 Å². The highest BCUT2D eigenvalue weighted by molar-refractivity contribution is 6.07. The molecular weight excluding hydrogens is 266 g/mol.